The van der Waals surface area contributed by atoms with E-state index in [-0.39, 0.29) is 83.4 Å². The molecule has 7 amide bonds. The number of amides is 7. The molecule has 18 heteroatoms. The summed E-state index contributed by atoms with van der Waals surface area (Å²) in [5, 5.41) is 18.7. The molecule has 0 aromatic rings. The first-order chi connectivity index (χ1) is 21.8. The smallest absolute Gasteiger partial charge is 0.329 e. The van der Waals surface area contributed by atoms with E-state index in [0.29, 0.717) is 0 Å². The first-order valence-corrected chi connectivity index (χ1v) is 14.7. The first-order valence-electron chi connectivity index (χ1n) is 14.7. The fourth-order valence-corrected chi connectivity index (χ4v) is 3.88. The van der Waals surface area contributed by atoms with Gasteiger partial charge in [-0.1, -0.05) is 13.8 Å². The number of aliphatic carboxylic acids is 1. The number of carbonyl (C=O) groups excluding carboxylic acids is 7. The molecule has 0 saturated carbocycles. The van der Waals surface area contributed by atoms with E-state index < -0.39 is 66.8 Å². The van der Waals surface area contributed by atoms with Crippen molar-refractivity contribution in [1.29, 1.82) is 0 Å². The predicted molar refractivity (Wildman–Crippen MR) is 158 cm³/mol. The molecule has 46 heavy (non-hydrogen) atoms. The molecule has 0 aromatic carbocycles. The van der Waals surface area contributed by atoms with Gasteiger partial charge < -0.3 is 46.3 Å². The third-order valence-corrected chi connectivity index (χ3v) is 6.12. The molecule has 0 aliphatic carbocycles. The van der Waals surface area contributed by atoms with Crippen LogP contribution in [-0.4, -0.2) is 122 Å². The molecular weight excluding hydrogens is 612 g/mol. The van der Waals surface area contributed by atoms with Crippen LogP contribution in [0.1, 0.15) is 46.0 Å². The molecule has 0 fully saturated rings. The Balaban J connectivity index is 2.36. The average Bonchev–Trinajstić information content (AvgIpc) is 3.30. The van der Waals surface area contributed by atoms with Crippen molar-refractivity contribution in [2.24, 2.45) is 11.7 Å². The standard InChI is InChI=1S/C28H44N6O12/c1-18(2)15-20(28(43)33-19(3-4-21(29)35)27(42)31-17-46-16-26(40)41)32-23(37)8-11-44-13-14-45-12-9-30-22(36)7-10-34-24(38)5-6-25(34)39/h5-6,18-20H,3-4,7-17H2,1-2H3,(H2,29,35)(H,30,36)(H,31,42)(H,32,37)(H,33,43)(H,40,41)/t19-,20-/m0/s1. The number of ether oxygens (including phenoxy) is 3. The number of imide groups is 1. The van der Waals surface area contributed by atoms with Crippen molar-refractivity contribution in [2.45, 2.75) is 58.0 Å². The molecule has 0 spiro atoms. The highest BCUT2D eigenvalue weighted by Crippen LogP contribution is 2.08. The maximum atomic E-state index is 13.0. The van der Waals surface area contributed by atoms with E-state index in [9.17, 15) is 38.4 Å². The number of carbonyl (C=O) groups is 8. The highest BCUT2D eigenvalue weighted by molar-refractivity contribution is 6.13. The third kappa shape index (κ3) is 17.8. The molecule has 1 aliphatic rings. The summed E-state index contributed by atoms with van der Waals surface area (Å²) in [6, 6.07) is -2.19. The largest absolute Gasteiger partial charge is 0.480 e. The summed E-state index contributed by atoms with van der Waals surface area (Å²) >= 11 is 0. The Kier molecular flexibility index (Phi) is 19.1. The van der Waals surface area contributed by atoms with Gasteiger partial charge in [-0.3, -0.25) is 38.5 Å². The Morgan fingerprint density at radius 1 is 0.804 bits per heavy atom. The van der Waals surface area contributed by atoms with Crippen LogP contribution in [0.4, 0.5) is 0 Å². The highest BCUT2D eigenvalue weighted by atomic mass is 16.5. The zero-order valence-electron chi connectivity index (χ0n) is 26.0. The van der Waals surface area contributed by atoms with E-state index in [1.54, 1.807) is 0 Å². The van der Waals surface area contributed by atoms with Crippen LogP contribution in [-0.2, 0) is 52.6 Å². The molecular formula is C28H44N6O12. The normalized spacial score (nSPS) is 13.8. The summed E-state index contributed by atoms with van der Waals surface area (Å²) in [5.74, 6) is -5.03. The molecule has 0 saturated heterocycles. The van der Waals surface area contributed by atoms with Gasteiger partial charge >= 0.3 is 5.97 Å². The van der Waals surface area contributed by atoms with Crippen LogP contribution >= 0.6 is 0 Å². The summed E-state index contributed by atoms with van der Waals surface area (Å²) in [5.41, 5.74) is 5.18. The average molecular weight is 657 g/mol. The van der Waals surface area contributed by atoms with Crippen molar-refractivity contribution in [3.63, 3.8) is 0 Å². The van der Waals surface area contributed by atoms with E-state index in [1.165, 1.54) is 0 Å². The lowest BCUT2D eigenvalue weighted by atomic mass is 10.0. The quantitative estimate of drug-likeness (QED) is 0.0333. The second-order valence-corrected chi connectivity index (χ2v) is 10.5. The minimum atomic E-state index is -1.23. The monoisotopic (exact) mass is 656 g/mol. The van der Waals surface area contributed by atoms with Crippen molar-refractivity contribution < 1.29 is 57.7 Å². The minimum Gasteiger partial charge on any atom is -0.480 e. The summed E-state index contributed by atoms with van der Waals surface area (Å²) in [6.07, 6.45) is 2.11. The molecule has 0 radical (unpaired) electrons. The van der Waals surface area contributed by atoms with Gasteiger partial charge in [0.05, 0.1) is 26.4 Å². The van der Waals surface area contributed by atoms with Crippen molar-refractivity contribution in [2.75, 3.05) is 52.9 Å². The number of hydrogen-bond acceptors (Lipinski definition) is 11. The Labute approximate surface area is 266 Å². The summed E-state index contributed by atoms with van der Waals surface area (Å²) < 4.78 is 15.5. The Bertz CT molecular complexity index is 1090. The lowest BCUT2D eigenvalue weighted by Crippen LogP contribution is -2.54. The Morgan fingerprint density at radius 2 is 1.46 bits per heavy atom. The molecule has 0 unspecified atom stereocenters. The van der Waals surface area contributed by atoms with Gasteiger partial charge in [0.2, 0.25) is 29.5 Å². The van der Waals surface area contributed by atoms with Crippen molar-refractivity contribution in [3.8, 4) is 0 Å². The van der Waals surface area contributed by atoms with Crippen LogP contribution in [0, 0.1) is 5.92 Å². The second kappa shape index (κ2) is 22.1. The highest BCUT2D eigenvalue weighted by Gasteiger charge is 2.28. The van der Waals surface area contributed by atoms with Gasteiger partial charge in [0.1, 0.15) is 25.4 Å². The number of rotatable bonds is 25. The molecule has 258 valence electrons. The zero-order chi connectivity index (χ0) is 34.5. The van der Waals surface area contributed by atoms with Gasteiger partial charge in [-0.05, 0) is 18.8 Å². The van der Waals surface area contributed by atoms with Crippen LogP contribution in [0.15, 0.2) is 12.2 Å². The van der Waals surface area contributed by atoms with Gasteiger partial charge in [0.25, 0.3) is 11.8 Å². The maximum Gasteiger partial charge on any atom is 0.329 e. The first kappa shape index (κ1) is 39.6. The molecule has 1 aliphatic heterocycles. The second-order valence-electron chi connectivity index (χ2n) is 10.5. The predicted octanol–water partition coefficient (Wildman–Crippen LogP) is -2.70. The lowest BCUT2D eigenvalue weighted by Gasteiger charge is -2.24. The van der Waals surface area contributed by atoms with Crippen LogP contribution in [0.2, 0.25) is 0 Å². The van der Waals surface area contributed by atoms with Gasteiger partial charge in [0, 0.05) is 44.5 Å². The van der Waals surface area contributed by atoms with Crippen molar-refractivity contribution in [3.05, 3.63) is 12.2 Å². The van der Waals surface area contributed by atoms with Crippen LogP contribution in [0.3, 0.4) is 0 Å². The number of carboxylic acids is 1. The maximum absolute atomic E-state index is 13.0. The van der Waals surface area contributed by atoms with Crippen LogP contribution in [0.25, 0.3) is 0 Å². The van der Waals surface area contributed by atoms with Gasteiger partial charge in [-0.2, -0.15) is 0 Å². The Hall–Kier alpha value is -4.42. The number of nitrogens with one attached hydrogen (secondary N) is 4. The zero-order valence-corrected chi connectivity index (χ0v) is 26.0. The van der Waals surface area contributed by atoms with E-state index >= 15 is 0 Å². The van der Waals surface area contributed by atoms with E-state index in [0.717, 1.165) is 17.1 Å². The molecule has 18 nitrogen and oxygen atoms in total. The van der Waals surface area contributed by atoms with Crippen molar-refractivity contribution in [1.82, 2.24) is 26.2 Å². The van der Waals surface area contributed by atoms with Gasteiger partial charge in [-0.25, -0.2) is 4.79 Å². The summed E-state index contributed by atoms with van der Waals surface area (Å²) in [6.45, 7) is 3.38. The number of hydrogen-bond donors (Lipinski definition) is 6. The number of carboxylic acid groups (broad SMARTS) is 1. The van der Waals surface area contributed by atoms with Gasteiger partial charge in [-0.15, -0.1) is 0 Å². The van der Waals surface area contributed by atoms with Crippen LogP contribution < -0.4 is 27.0 Å². The topological polar surface area (TPSA) is 262 Å². The van der Waals surface area contributed by atoms with Crippen molar-refractivity contribution >= 4 is 47.3 Å². The molecule has 7 N–H and O–H groups in total. The minimum absolute atomic E-state index is 0.00711. The number of nitrogens with two attached hydrogens (primary N) is 1. The fourth-order valence-electron chi connectivity index (χ4n) is 3.88. The molecule has 1 heterocycles. The Morgan fingerprint density at radius 3 is 2.07 bits per heavy atom. The molecule has 1 rings (SSSR count). The summed E-state index contributed by atoms with van der Waals surface area (Å²) in [7, 11) is 0. The van der Waals surface area contributed by atoms with E-state index in [1.807, 2.05) is 13.8 Å². The van der Waals surface area contributed by atoms with Crippen LogP contribution in [0.5, 0.6) is 0 Å². The molecule has 0 bridgehead atoms. The molecule has 2 atom stereocenters. The SMILES string of the molecule is CC(C)C[C@H](NC(=O)CCOCCOCCNC(=O)CCN1C(=O)C=CC1=O)C(=O)N[C@@H](CCC(N)=O)C(=O)NCOCC(=O)O. The fraction of sp³-hybridized carbons (Fsp3) is 0.643. The number of primary amides is 1. The number of nitrogens with zero attached hydrogens (tertiary/aromatic N) is 1. The molecule has 0 aromatic heterocycles. The summed E-state index contributed by atoms with van der Waals surface area (Å²) in [4.78, 5) is 95.7. The van der Waals surface area contributed by atoms with Gasteiger partial charge in [0.15, 0.2) is 0 Å². The third-order valence-electron chi connectivity index (χ3n) is 6.12. The van der Waals surface area contributed by atoms with E-state index in [4.69, 9.17) is 25.1 Å². The lowest BCUT2D eigenvalue weighted by molar-refractivity contribution is -0.143. The van der Waals surface area contributed by atoms with E-state index in [2.05, 4.69) is 21.3 Å².